The summed E-state index contributed by atoms with van der Waals surface area (Å²) in [5, 5.41) is 2.68. The number of likely N-dealkylation sites (tertiary alicyclic amines) is 1. The molecule has 0 saturated carbocycles. The predicted molar refractivity (Wildman–Crippen MR) is 93.1 cm³/mol. The van der Waals surface area contributed by atoms with E-state index in [9.17, 15) is 9.59 Å². The fourth-order valence-corrected chi connectivity index (χ4v) is 3.78. The molecule has 2 fully saturated rings. The van der Waals surface area contributed by atoms with Gasteiger partial charge >= 0.3 is 0 Å². The molecule has 136 valence electrons. The Bertz CT molecular complexity index is 610. The Morgan fingerprint density at radius 3 is 2.96 bits per heavy atom. The van der Waals surface area contributed by atoms with Gasteiger partial charge in [-0.3, -0.25) is 19.5 Å². The molecule has 0 bridgehead atoms. The molecular weight excluding hydrogens is 320 g/mol. The van der Waals surface area contributed by atoms with Crippen molar-refractivity contribution in [2.75, 3.05) is 53.0 Å². The van der Waals surface area contributed by atoms with Crippen molar-refractivity contribution < 1.29 is 14.3 Å². The van der Waals surface area contributed by atoms with Crippen LogP contribution in [-0.2, 0) is 9.53 Å². The Hall–Kier alpha value is -1.99. The van der Waals surface area contributed by atoms with Gasteiger partial charge in [-0.25, -0.2) is 0 Å². The van der Waals surface area contributed by atoms with Crippen molar-refractivity contribution in [1.29, 1.82) is 0 Å². The molecular formula is C18H26N4O3. The number of hydrogen-bond acceptors (Lipinski definition) is 5. The highest BCUT2D eigenvalue weighted by Gasteiger charge is 2.40. The molecule has 3 heterocycles. The fourth-order valence-electron chi connectivity index (χ4n) is 3.78. The van der Waals surface area contributed by atoms with E-state index < -0.39 is 0 Å². The van der Waals surface area contributed by atoms with Crippen LogP contribution in [0.5, 0.6) is 0 Å². The molecule has 3 rings (SSSR count). The summed E-state index contributed by atoms with van der Waals surface area (Å²) in [6.45, 7) is 4.51. The third-order valence-corrected chi connectivity index (χ3v) is 5.00. The fraction of sp³-hybridized carbons (Fsp3) is 0.611. The number of piperidine rings is 1. The van der Waals surface area contributed by atoms with Crippen LogP contribution < -0.4 is 5.32 Å². The number of pyridine rings is 1. The van der Waals surface area contributed by atoms with Crippen LogP contribution in [0.15, 0.2) is 24.4 Å². The molecule has 1 atom stereocenters. The topological polar surface area (TPSA) is 74.8 Å². The van der Waals surface area contributed by atoms with Crippen molar-refractivity contribution in [3.05, 3.63) is 30.1 Å². The van der Waals surface area contributed by atoms with Gasteiger partial charge in [-0.15, -0.1) is 0 Å². The Balaban J connectivity index is 1.71. The third-order valence-electron chi connectivity index (χ3n) is 5.00. The lowest BCUT2D eigenvalue weighted by molar-refractivity contribution is -0.122. The van der Waals surface area contributed by atoms with Crippen LogP contribution >= 0.6 is 0 Å². The van der Waals surface area contributed by atoms with Gasteiger partial charge in [-0.1, -0.05) is 6.07 Å². The van der Waals surface area contributed by atoms with Crippen LogP contribution in [0.2, 0.25) is 0 Å². The Kier molecular flexibility index (Phi) is 5.65. The molecule has 1 aromatic rings. The van der Waals surface area contributed by atoms with Crippen molar-refractivity contribution in [1.82, 2.24) is 20.1 Å². The van der Waals surface area contributed by atoms with E-state index >= 15 is 0 Å². The lowest BCUT2D eigenvalue weighted by Crippen LogP contribution is -2.53. The van der Waals surface area contributed by atoms with E-state index in [2.05, 4.69) is 15.2 Å². The summed E-state index contributed by atoms with van der Waals surface area (Å²) in [6.07, 6.45) is 3.59. The zero-order chi connectivity index (χ0) is 17.7. The average Bonchev–Trinajstić information content (AvgIpc) is 2.83. The Labute approximate surface area is 148 Å². The third kappa shape index (κ3) is 4.35. The monoisotopic (exact) mass is 346 g/mol. The number of carbonyl (C=O) groups excluding carboxylic acids is 2. The quantitative estimate of drug-likeness (QED) is 0.857. The van der Waals surface area contributed by atoms with Gasteiger partial charge in [0.1, 0.15) is 5.69 Å². The second-order valence-corrected chi connectivity index (χ2v) is 6.98. The summed E-state index contributed by atoms with van der Waals surface area (Å²) in [5.74, 6) is -0.0175. The number of nitrogens with one attached hydrogen (secondary N) is 1. The Morgan fingerprint density at radius 1 is 1.32 bits per heavy atom. The van der Waals surface area contributed by atoms with Crippen LogP contribution in [0, 0.1) is 5.41 Å². The van der Waals surface area contributed by atoms with Gasteiger partial charge in [-0.05, 0) is 25.0 Å². The molecule has 7 nitrogen and oxygen atoms in total. The molecule has 2 amide bonds. The summed E-state index contributed by atoms with van der Waals surface area (Å²) < 4.78 is 5.84. The normalized spacial score (nSPS) is 24.8. The smallest absolute Gasteiger partial charge is 0.272 e. The minimum absolute atomic E-state index is 0.00859. The standard InChI is InChI=1S/C18H26N4O3/c1-19-16(23)11-21-9-10-25-14-18(12-21)6-4-8-22(13-18)17(24)15-5-2-3-7-20-15/h2-3,5,7H,4,6,8-14H2,1H3,(H,19,23)/t18-/m1/s1. The zero-order valence-corrected chi connectivity index (χ0v) is 14.7. The molecule has 1 spiro atoms. The summed E-state index contributed by atoms with van der Waals surface area (Å²) in [7, 11) is 1.65. The minimum atomic E-state index is -0.118. The summed E-state index contributed by atoms with van der Waals surface area (Å²) in [5.41, 5.74) is 0.365. The summed E-state index contributed by atoms with van der Waals surface area (Å²) in [6, 6.07) is 5.40. The SMILES string of the molecule is CNC(=O)CN1CCOC[C@]2(CCCN(C(=O)c3ccccn3)C2)C1. The first-order chi connectivity index (χ1) is 12.1. The number of hydrogen-bond donors (Lipinski definition) is 1. The van der Waals surface area contributed by atoms with Crippen LogP contribution in [0.25, 0.3) is 0 Å². The van der Waals surface area contributed by atoms with E-state index in [0.717, 1.165) is 32.5 Å². The molecule has 0 unspecified atom stereocenters. The number of carbonyl (C=O) groups is 2. The first-order valence-electron chi connectivity index (χ1n) is 8.83. The van der Waals surface area contributed by atoms with Crippen molar-refractivity contribution >= 4 is 11.8 Å². The van der Waals surface area contributed by atoms with Crippen LogP contribution in [0.4, 0.5) is 0 Å². The van der Waals surface area contributed by atoms with Crippen LogP contribution in [0.3, 0.4) is 0 Å². The molecule has 1 N–H and O–H groups in total. The predicted octanol–water partition coefficient (Wildman–Crippen LogP) is 0.382. The van der Waals surface area contributed by atoms with Gasteiger partial charge < -0.3 is 15.0 Å². The number of rotatable bonds is 3. The van der Waals surface area contributed by atoms with E-state index in [-0.39, 0.29) is 17.2 Å². The van der Waals surface area contributed by atoms with Gasteiger partial charge in [0.15, 0.2) is 0 Å². The number of likely N-dealkylation sites (N-methyl/N-ethyl adjacent to an activating group) is 1. The van der Waals surface area contributed by atoms with Gasteiger partial charge in [-0.2, -0.15) is 0 Å². The van der Waals surface area contributed by atoms with E-state index in [4.69, 9.17) is 4.74 Å². The first-order valence-corrected chi connectivity index (χ1v) is 8.83. The second-order valence-electron chi connectivity index (χ2n) is 6.98. The molecule has 2 aliphatic heterocycles. The molecule has 1 aromatic heterocycles. The van der Waals surface area contributed by atoms with E-state index in [1.54, 1.807) is 19.3 Å². The molecule has 0 radical (unpaired) electrons. The number of amides is 2. The second kappa shape index (κ2) is 7.93. The molecule has 0 aromatic carbocycles. The molecule has 0 aliphatic carbocycles. The highest BCUT2D eigenvalue weighted by molar-refractivity contribution is 5.92. The molecule has 25 heavy (non-hydrogen) atoms. The van der Waals surface area contributed by atoms with E-state index in [1.807, 2.05) is 17.0 Å². The minimum Gasteiger partial charge on any atom is -0.379 e. The van der Waals surface area contributed by atoms with Crippen molar-refractivity contribution in [3.63, 3.8) is 0 Å². The Morgan fingerprint density at radius 2 is 2.20 bits per heavy atom. The molecule has 7 heteroatoms. The lowest BCUT2D eigenvalue weighted by atomic mass is 9.80. The molecule has 2 aliphatic rings. The highest BCUT2D eigenvalue weighted by atomic mass is 16.5. The van der Waals surface area contributed by atoms with Crippen molar-refractivity contribution in [2.45, 2.75) is 12.8 Å². The maximum atomic E-state index is 12.8. The van der Waals surface area contributed by atoms with Crippen molar-refractivity contribution in [2.24, 2.45) is 5.41 Å². The first kappa shape index (κ1) is 17.8. The van der Waals surface area contributed by atoms with Crippen molar-refractivity contribution in [3.8, 4) is 0 Å². The number of ether oxygens (including phenoxy) is 1. The molecule has 2 saturated heterocycles. The summed E-state index contributed by atoms with van der Waals surface area (Å²) >= 11 is 0. The van der Waals surface area contributed by atoms with Gasteiger partial charge in [0.2, 0.25) is 5.91 Å². The van der Waals surface area contributed by atoms with Crippen LogP contribution in [0.1, 0.15) is 23.3 Å². The highest BCUT2D eigenvalue weighted by Crippen LogP contribution is 2.33. The van der Waals surface area contributed by atoms with E-state index in [1.165, 1.54) is 0 Å². The average molecular weight is 346 g/mol. The van der Waals surface area contributed by atoms with Gasteiger partial charge in [0.05, 0.1) is 19.8 Å². The van der Waals surface area contributed by atoms with E-state index in [0.29, 0.717) is 32.0 Å². The maximum Gasteiger partial charge on any atom is 0.272 e. The summed E-state index contributed by atoms with van der Waals surface area (Å²) in [4.78, 5) is 32.7. The zero-order valence-electron chi connectivity index (χ0n) is 14.7. The van der Waals surface area contributed by atoms with Gasteiger partial charge in [0.25, 0.3) is 5.91 Å². The van der Waals surface area contributed by atoms with Crippen LogP contribution in [-0.4, -0.2) is 79.6 Å². The maximum absolute atomic E-state index is 12.8. The van der Waals surface area contributed by atoms with Gasteiger partial charge in [0, 0.05) is 44.8 Å². The number of nitrogens with zero attached hydrogens (tertiary/aromatic N) is 3. The number of aromatic nitrogens is 1. The largest absolute Gasteiger partial charge is 0.379 e. The lowest BCUT2D eigenvalue weighted by Gasteiger charge is -2.43.